The molecule has 0 bridgehead atoms. The number of hydrogen-bond acceptors (Lipinski definition) is 3. The lowest BCUT2D eigenvalue weighted by Crippen LogP contribution is -2.52. The van der Waals surface area contributed by atoms with Crippen LogP contribution in [0.5, 0.6) is 0 Å². The molecule has 0 radical (unpaired) electrons. The first-order valence-electron chi connectivity index (χ1n) is 8.51. The molecular weight excluding hydrogens is 318 g/mol. The zero-order valence-electron chi connectivity index (χ0n) is 14.3. The number of rotatable bonds is 5. The Hall–Kier alpha value is -2.83. The number of fused-ring (bicyclic) bond motifs is 1. The minimum atomic E-state index is -0.673. The number of benzene rings is 1. The number of amides is 3. The molecule has 1 aromatic heterocycles. The molecule has 2 atom stereocenters. The van der Waals surface area contributed by atoms with E-state index in [0.29, 0.717) is 19.5 Å². The first kappa shape index (κ1) is 17.0. The van der Waals surface area contributed by atoms with Crippen LogP contribution in [0.15, 0.2) is 42.7 Å². The van der Waals surface area contributed by atoms with Crippen molar-refractivity contribution in [1.82, 2.24) is 20.0 Å². The Morgan fingerprint density at radius 3 is 2.84 bits per heavy atom. The van der Waals surface area contributed by atoms with E-state index in [1.165, 1.54) is 5.56 Å². The van der Waals surface area contributed by atoms with Crippen LogP contribution in [0.4, 0.5) is 4.79 Å². The SMILES string of the molecule is CCC[C@@H](NC(N)=O)C(=O)N1Cc2ccccc2[C@H](n2cccn2)C1. The Balaban J connectivity index is 1.88. The fraction of sp³-hybridized carbons (Fsp3) is 0.389. The number of hydrogen-bond donors (Lipinski definition) is 2. The molecule has 0 fully saturated rings. The second-order valence-corrected chi connectivity index (χ2v) is 6.27. The maximum absolute atomic E-state index is 13.0. The van der Waals surface area contributed by atoms with Gasteiger partial charge in [-0.1, -0.05) is 37.6 Å². The van der Waals surface area contributed by atoms with Gasteiger partial charge in [-0.25, -0.2) is 4.79 Å². The van der Waals surface area contributed by atoms with Crippen molar-refractivity contribution >= 4 is 11.9 Å². The molecule has 3 N–H and O–H groups in total. The Kier molecular flexibility index (Phi) is 5.02. The van der Waals surface area contributed by atoms with E-state index in [2.05, 4.69) is 16.5 Å². The Morgan fingerprint density at radius 2 is 2.16 bits per heavy atom. The van der Waals surface area contributed by atoms with Gasteiger partial charge >= 0.3 is 6.03 Å². The molecule has 1 aliphatic rings. The summed E-state index contributed by atoms with van der Waals surface area (Å²) in [6.07, 6.45) is 4.98. The van der Waals surface area contributed by atoms with Gasteiger partial charge in [-0.15, -0.1) is 0 Å². The first-order valence-corrected chi connectivity index (χ1v) is 8.51. The Bertz CT molecular complexity index is 744. The molecular formula is C18H23N5O2. The van der Waals surface area contributed by atoms with Crippen LogP contribution in [0.2, 0.25) is 0 Å². The van der Waals surface area contributed by atoms with Gasteiger partial charge in [0.05, 0.1) is 6.04 Å². The molecule has 0 unspecified atom stereocenters. The summed E-state index contributed by atoms with van der Waals surface area (Å²) in [6.45, 7) is 3.01. The molecule has 1 aromatic carbocycles. The third kappa shape index (κ3) is 3.65. The zero-order chi connectivity index (χ0) is 17.8. The summed E-state index contributed by atoms with van der Waals surface area (Å²) < 4.78 is 1.87. The van der Waals surface area contributed by atoms with Crippen molar-refractivity contribution in [2.24, 2.45) is 5.73 Å². The minimum Gasteiger partial charge on any atom is -0.352 e. The number of urea groups is 1. The van der Waals surface area contributed by atoms with Crippen molar-refractivity contribution in [3.05, 3.63) is 53.9 Å². The first-order chi connectivity index (χ1) is 12.1. The zero-order valence-corrected chi connectivity index (χ0v) is 14.3. The highest BCUT2D eigenvalue weighted by Crippen LogP contribution is 2.29. The van der Waals surface area contributed by atoms with E-state index in [1.807, 2.05) is 42.1 Å². The molecule has 7 heteroatoms. The lowest BCUT2D eigenvalue weighted by molar-refractivity contribution is -0.134. The van der Waals surface area contributed by atoms with Crippen LogP contribution in [0.25, 0.3) is 0 Å². The van der Waals surface area contributed by atoms with Crippen molar-refractivity contribution in [3.8, 4) is 0 Å². The van der Waals surface area contributed by atoms with Gasteiger partial charge in [-0.05, 0) is 23.6 Å². The molecule has 3 amide bonds. The van der Waals surface area contributed by atoms with E-state index in [4.69, 9.17) is 5.73 Å². The van der Waals surface area contributed by atoms with Crippen LogP contribution in [-0.4, -0.2) is 39.2 Å². The van der Waals surface area contributed by atoms with Gasteiger partial charge in [-0.2, -0.15) is 5.10 Å². The number of nitrogens with two attached hydrogens (primary N) is 1. The maximum atomic E-state index is 13.0. The summed E-state index contributed by atoms with van der Waals surface area (Å²) in [5.41, 5.74) is 7.50. The van der Waals surface area contributed by atoms with Crippen molar-refractivity contribution in [2.45, 2.75) is 38.4 Å². The van der Waals surface area contributed by atoms with Gasteiger partial charge in [0.1, 0.15) is 6.04 Å². The van der Waals surface area contributed by atoms with Crippen LogP contribution >= 0.6 is 0 Å². The fourth-order valence-corrected chi connectivity index (χ4v) is 3.38. The van der Waals surface area contributed by atoms with E-state index >= 15 is 0 Å². The molecule has 3 rings (SSSR count). The molecule has 1 aliphatic heterocycles. The second kappa shape index (κ2) is 7.38. The molecule has 0 saturated heterocycles. The lowest BCUT2D eigenvalue weighted by Gasteiger charge is -2.36. The van der Waals surface area contributed by atoms with E-state index in [1.54, 1.807) is 11.1 Å². The number of primary amides is 1. The number of nitrogens with one attached hydrogen (secondary N) is 1. The molecule has 2 heterocycles. The average Bonchev–Trinajstić information content (AvgIpc) is 3.14. The lowest BCUT2D eigenvalue weighted by atomic mass is 9.94. The van der Waals surface area contributed by atoms with Gasteiger partial charge in [0.25, 0.3) is 0 Å². The van der Waals surface area contributed by atoms with Crippen LogP contribution in [0.3, 0.4) is 0 Å². The normalized spacial score (nSPS) is 17.6. The second-order valence-electron chi connectivity index (χ2n) is 6.27. The summed E-state index contributed by atoms with van der Waals surface area (Å²) in [4.78, 5) is 26.0. The minimum absolute atomic E-state index is 0.0419. The predicted molar refractivity (Wildman–Crippen MR) is 93.6 cm³/mol. The monoisotopic (exact) mass is 341 g/mol. The van der Waals surface area contributed by atoms with Crippen LogP contribution in [0, 0.1) is 0 Å². The van der Waals surface area contributed by atoms with Gasteiger partial charge in [0.15, 0.2) is 0 Å². The van der Waals surface area contributed by atoms with E-state index in [0.717, 1.165) is 12.0 Å². The van der Waals surface area contributed by atoms with Crippen molar-refractivity contribution in [3.63, 3.8) is 0 Å². The number of nitrogens with zero attached hydrogens (tertiary/aromatic N) is 3. The van der Waals surface area contributed by atoms with Crippen LogP contribution < -0.4 is 11.1 Å². The number of carbonyl (C=O) groups excluding carboxylic acids is 2. The topological polar surface area (TPSA) is 93.2 Å². The summed E-state index contributed by atoms with van der Waals surface area (Å²) in [6, 6.07) is 8.65. The van der Waals surface area contributed by atoms with Crippen LogP contribution in [-0.2, 0) is 11.3 Å². The number of aromatic nitrogens is 2. The molecule has 0 aliphatic carbocycles. The highest BCUT2D eigenvalue weighted by molar-refractivity contribution is 5.86. The van der Waals surface area contributed by atoms with Crippen molar-refractivity contribution < 1.29 is 9.59 Å². The number of carbonyl (C=O) groups is 2. The Labute approximate surface area is 146 Å². The third-order valence-corrected chi connectivity index (χ3v) is 4.52. The van der Waals surface area contributed by atoms with Crippen molar-refractivity contribution in [1.29, 1.82) is 0 Å². The third-order valence-electron chi connectivity index (χ3n) is 4.52. The maximum Gasteiger partial charge on any atom is 0.312 e. The quantitative estimate of drug-likeness (QED) is 0.866. The highest BCUT2D eigenvalue weighted by Gasteiger charge is 2.32. The average molecular weight is 341 g/mol. The summed E-state index contributed by atoms with van der Waals surface area (Å²) in [5, 5.41) is 6.93. The van der Waals surface area contributed by atoms with Crippen LogP contribution in [0.1, 0.15) is 36.9 Å². The summed E-state index contributed by atoms with van der Waals surface area (Å²) >= 11 is 0. The molecule has 25 heavy (non-hydrogen) atoms. The molecule has 7 nitrogen and oxygen atoms in total. The Morgan fingerprint density at radius 1 is 1.36 bits per heavy atom. The molecule has 2 aromatic rings. The van der Waals surface area contributed by atoms with E-state index < -0.39 is 12.1 Å². The van der Waals surface area contributed by atoms with Gasteiger partial charge < -0.3 is 16.0 Å². The largest absolute Gasteiger partial charge is 0.352 e. The van der Waals surface area contributed by atoms with Gasteiger partial charge in [-0.3, -0.25) is 9.48 Å². The van der Waals surface area contributed by atoms with Gasteiger partial charge in [0.2, 0.25) is 5.91 Å². The van der Waals surface area contributed by atoms with Crippen molar-refractivity contribution in [2.75, 3.05) is 6.54 Å². The summed E-state index contributed by atoms with van der Waals surface area (Å²) in [5.74, 6) is -0.104. The molecule has 0 saturated carbocycles. The summed E-state index contributed by atoms with van der Waals surface area (Å²) in [7, 11) is 0. The fourth-order valence-electron chi connectivity index (χ4n) is 3.38. The smallest absolute Gasteiger partial charge is 0.312 e. The molecule has 132 valence electrons. The van der Waals surface area contributed by atoms with E-state index in [-0.39, 0.29) is 11.9 Å². The molecule has 0 spiro atoms. The van der Waals surface area contributed by atoms with Gasteiger partial charge in [0, 0.05) is 25.5 Å². The predicted octanol–water partition coefficient (Wildman–Crippen LogP) is 1.65. The highest BCUT2D eigenvalue weighted by atomic mass is 16.2. The van der Waals surface area contributed by atoms with E-state index in [9.17, 15) is 9.59 Å². The standard InChI is InChI=1S/C18H23N5O2/c1-2-6-15(21-18(19)25)17(24)22-11-13-7-3-4-8-14(13)16(12-22)23-10-5-9-20-23/h3-5,7-10,15-16H,2,6,11-12H2,1H3,(H3,19,21,25)/t15-,16-/m1/s1.